The van der Waals surface area contributed by atoms with Crippen LogP contribution in [0.3, 0.4) is 0 Å². The number of methoxy groups -OCH3 is 1. The fourth-order valence-electron chi connectivity index (χ4n) is 1.67. The molecule has 0 saturated heterocycles. The van der Waals surface area contributed by atoms with Gasteiger partial charge in [0.1, 0.15) is 0 Å². The molecule has 2 heteroatoms. The van der Waals surface area contributed by atoms with Gasteiger partial charge in [-0.15, -0.1) is 0 Å². The fraction of sp³-hybridized carbons (Fsp3) is 1.00. The van der Waals surface area contributed by atoms with Crippen LogP contribution < -0.4 is 5.32 Å². The highest BCUT2D eigenvalue weighted by molar-refractivity contribution is 4.97. The minimum atomic E-state index is 0.525. The van der Waals surface area contributed by atoms with Gasteiger partial charge in [0.05, 0.1) is 6.61 Å². The molecule has 0 aromatic rings. The molecule has 2 atom stereocenters. The smallest absolute Gasteiger partial charge is 0.0615 e. The van der Waals surface area contributed by atoms with Crippen LogP contribution in [0.25, 0.3) is 0 Å². The second kappa shape index (κ2) is 4.43. The topological polar surface area (TPSA) is 21.3 Å². The molecule has 1 N–H and O–H groups in total. The summed E-state index contributed by atoms with van der Waals surface area (Å²) in [5.41, 5.74) is 0.571. The second-order valence-corrected chi connectivity index (χ2v) is 4.60. The Morgan fingerprint density at radius 3 is 2.46 bits per heavy atom. The normalized spacial score (nSPS) is 24.0. The molecule has 0 heterocycles. The van der Waals surface area contributed by atoms with Crippen molar-refractivity contribution in [2.75, 3.05) is 13.7 Å². The van der Waals surface area contributed by atoms with E-state index >= 15 is 0 Å². The van der Waals surface area contributed by atoms with Crippen molar-refractivity contribution in [1.29, 1.82) is 0 Å². The Labute approximate surface area is 82.0 Å². The maximum atomic E-state index is 5.17. The maximum Gasteiger partial charge on any atom is 0.0615 e. The molecule has 1 fully saturated rings. The summed E-state index contributed by atoms with van der Waals surface area (Å²) in [5.74, 6) is 0. The average Bonchev–Trinajstić information content (AvgIpc) is 2.84. The standard InChI is InChI=1S/C11H23NO/c1-5-10(8-13-4)12-9(2)11(3)6-7-11/h9-10,12H,5-8H2,1-4H3. The lowest BCUT2D eigenvalue weighted by Gasteiger charge is -2.26. The minimum absolute atomic E-state index is 0.525. The van der Waals surface area contributed by atoms with E-state index in [4.69, 9.17) is 4.74 Å². The summed E-state index contributed by atoms with van der Waals surface area (Å²) in [7, 11) is 1.77. The zero-order valence-corrected chi connectivity index (χ0v) is 9.39. The number of hydrogen-bond acceptors (Lipinski definition) is 2. The van der Waals surface area contributed by atoms with Crippen LogP contribution in [-0.4, -0.2) is 25.8 Å². The highest BCUT2D eigenvalue weighted by Gasteiger charge is 2.42. The van der Waals surface area contributed by atoms with Crippen LogP contribution in [0.5, 0.6) is 0 Å². The van der Waals surface area contributed by atoms with Gasteiger partial charge in [-0.05, 0) is 31.6 Å². The van der Waals surface area contributed by atoms with Crippen molar-refractivity contribution in [3.8, 4) is 0 Å². The summed E-state index contributed by atoms with van der Waals surface area (Å²) >= 11 is 0. The first-order chi connectivity index (χ1) is 6.12. The predicted octanol–water partition coefficient (Wildman–Crippen LogP) is 2.19. The Bertz CT molecular complexity index is 154. The summed E-state index contributed by atoms with van der Waals surface area (Å²) in [6, 6.07) is 1.16. The zero-order valence-electron chi connectivity index (χ0n) is 9.39. The number of rotatable bonds is 6. The van der Waals surface area contributed by atoms with Crippen LogP contribution in [-0.2, 0) is 4.74 Å². The zero-order chi connectivity index (χ0) is 9.90. The average molecular weight is 185 g/mol. The van der Waals surface area contributed by atoms with Crippen molar-refractivity contribution in [3.63, 3.8) is 0 Å². The lowest BCUT2D eigenvalue weighted by atomic mass is 9.99. The lowest BCUT2D eigenvalue weighted by molar-refractivity contribution is 0.152. The highest BCUT2D eigenvalue weighted by atomic mass is 16.5. The second-order valence-electron chi connectivity index (χ2n) is 4.60. The molecular formula is C11H23NO. The van der Waals surface area contributed by atoms with E-state index in [0.29, 0.717) is 17.5 Å². The van der Waals surface area contributed by atoms with E-state index in [1.165, 1.54) is 12.8 Å². The van der Waals surface area contributed by atoms with Gasteiger partial charge in [0.2, 0.25) is 0 Å². The lowest BCUT2D eigenvalue weighted by Crippen LogP contribution is -2.43. The molecule has 0 spiro atoms. The van der Waals surface area contributed by atoms with Gasteiger partial charge in [-0.2, -0.15) is 0 Å². The molecule has 1 rings (SSSR count). The third kappa shape index (κ3) is 2.96. The van der Waals surface area contributed by atoms with E-state index in [1.54, 1.807) is 7.11 Å². The van der Waals surface area contributed by atoms with Gasteiger partial charge >= 0.3 is 0 Å². The third-order valence-corrected chi connectivity index (χ3v) is 3.43. The molecule has 1 saturated carbocycles. The predicted molar refractivity (Wildman–Crippen MR) is 55.9 cm³/mol. The molecule has 13 heavy (non-hydrogen) atoms. The monoisotopic (exact) mass is 185 g/mol. The molecule has 1 aliphatic rings. The largest absolute Gasteiger partial charge is 0.383 e. The van der Waals surface area contributed by atoms with Crippen LogP contribution >= 0.6 is 0 Å². The van der Waals surface area contributed by atoms with E-state index < -0.39 is 0 Å². The Morgan fingerprint density at radius 1 is 1.46 bits per heavy atom. The summed E-state index contributed by atoms with van der Waals surface area (Å²) in [6.07, 6.45) is 3.91. The van der Waals surface area contributed by atoms with E-state index in [-0.39, 0.29) is 0 Å². The summed E-state index contributed by atoms with van der Waals surface area (Å²) < 4.78 is 5.17. The molecule has 0 aromatic heterocycles. The van der Waals surface area contributed by atoms with Crippen molar-refractivity contribution in [2.24, 2.45) is 5.41 Å². The van der Waals surface area contributed by atoms with Gasteiger partial charge in [0.15, 0.2) is 0 Å². The fourth-order valence-corrected chi connectivity index (χ4v) is 1.67. The molecule has 78 valence electrons. The van der Waals surface area contributed by atoms with Crippen LogP contribution in [0.4, 0.5) is 0 Å². The van der Waals surface area contributed by atoms with Gasteiger partial charge in [-0.3, -0.25) is 0 Å². The number of ether oxygens (including phenoxy) is 1. The van der Waals surface area contributed by atoms with Crippen molar-refractivity contribution < 1.29 is 4.74 Å². The third-order valence-electron chi connectivity index (χ3n) is 3.43. The Morgan fingerprint density at radius 2 is 2.08 bits per heavy atom. The van der Waals surface area contributed by atoms with Crippen LogP contribution in [0.2, 0.25) is 0 Å². The van der Waals surface area contributed by atoms with Crippen LogP contribution in [0, 0.1) is 5.41 Å². The molecular weight excluding hydrogens is 162 g/mol. The van der Waals surface area contributed by atoms with Gasteiger partial charge in [0.25, 0.3) is 0 Å². The molecule has 2 unspecified atom stereocenters. The first-order valence-corrected chi connectivity index (χ1v) is 5.37. The molecule has 0 aliphatic heterocycles. The summed E-state index contributed by atoms with van der Waals surface area (Å²) in [6.45, 7) is 7.70. The molecule has 0 radical (unpaired) electrons. The SMILES string of the molecule is CCC(COC)NC(C)C1(C)CC1. The summed E-state index contributed by atoms with van der Waals surface area (Å²) in [4.78, 5) is 0. The van der Waals surface area contributed by atoms with Gasteiger partial charge < -0.3 is 10.1 Å². The first kappa shape index (κ1) is 11.0. The Balaban J connectivity index is 2.28. The Kier molecular flexibility index (Phi) is 3.74. The van der Waals surface area contributed by atoms with E-state index in [2.05, 4.69) is 26.1 Å². The molecule has 0 bridgehead atoms. The highest BCUT2D eigenvalue weighted by Crippen LogP contribution is 2.48. The van der Waals surface area contributed by atoms with Gasteiger partial charge in [-0.25, -0.2) is 0 Å². The van der Waals surface area contributed by atoms with Crippen molar-refractivity contribution in [3.05, 3.63) is 0 Å². The first-order valence-electron chi connectivity index (χ1n) is 5.37. The van der Waals surface area contributed by atoms with Gasteiger partial charge in [-0.1, -0.05) is 13.8 Å². The van der Waals surface area contributed by atoms with Crippen molar-refractivity contribution in [2.45, 2.75) is 52.1 Å². The van der Waals surface area contributed by atoms with Crippen molar-refractivity contribution in [1.82, 2.24) is 5.32 Å². The van der Waals surface area contributed by atoms with Crippen LogP contribution in [0.15, 0.2) is 0 Å². The van der Waals surface area contributed by atoms with Crippen LogP contribution in [0.1, 0.15) is 40.0 Å². The summed E-state index contributed by atoms with van der Waals surface area (Å²) in [5, 5.41) is 3.64. The number of nitrogens with one attached hydrogen (secondary N) is 1. The molecule has 0 amide bonds. The van der Waals surface area contributed by atoms with E-state index in [0.717, 1.165) is 13.0 Å². The van der Waals surface area contributed by atoms with Gasteiger partial charge in [0, 0.05) is 19.2 Å². The van der Waals surface area contributed by atoms with E-state index in [9.17, 15) is 0 Å². The molecule has 1 aliphatic carbocycles. The molecule has 0 aromatic carbocycles. The number of hydrogen-bond donors (Lipinski definition) is 1. The molecule has 2 nitrogen and oxygen atoms in total. The quantitative estimate of drug-likeness (QED) is 0.685. The maximum absolute atomic E-state index is 5.17. The minimum Gasteiger partial charge on any atom is -0.383 e. The van der Waals surface area contributed by atoms with E-state index in [1.807, 2.05) is 0 Å². The Hall–Kier alpha value is -0.0800. The van der Waals surface area contributed by atoms with Crippen molar-refractivity contribution >= 4 is 0 Å².